The van der Waals surface area contributed by atoms with Crippen molar-refractivity contribution >= 4 is 21.7 Å². The van der Waals surface area contributed by atoms with E-state index in [1.807, 2.05) is 37.3 Å². The second-order valence-electron chi connectivity index (χ2n) is 9.22. The largest absolute Gasteiger partial charge is 0.465 e. The van der Waals surface area contributed by atoms with Crippen LogP contribution in [0.3, 0.4) is 0 Å². The fourth-order valence-electron chi connectivity index (χ4n) is 4.54. The van der Waals surface area contributed by atoms with E-state index >= 15 is 0 Å². The number of aromatic nitrogens is 1. The molecule has 1 fully saturated rings. The second-order valence-corrected chi connectivity index (χ2v) is 10.6. The lowest BCUT2D eigenvalue weighted by molar-refractivity contribution is 0.0600. The first-order valence-electron chi connectivity index (χ1n) is 11.9. The van der Waals surface area contributed by atoms with Crippen LogP contribution >= 0.6 is 0 Å². The molecule has 36 heavy (non-hydrogen) atoms. The van der Waals surface area contributed by atoms with Crippen molar-refractivity contribution in [2.45, 2.75) is 26.2 Å². The number of sulfonamides is 1. The summed E-state index contributed by atoms with van der Waals surface area (Å²) in [5, 5.41) is 2.36. The predicted molar refractivity (Wildman–Crippen MR) is 142 cm³/mol. The molecule has 1 aliphatic rings. The number of piperidine rings is 1. The Bertz CT molecular complexity index is 1390. The summed E-state index contributed by atoms with van der Waals surface area (Å²) in [5.74, 6) is 2.87. The number of rotatable bonds is 6. The van der Waals surface area contributed by atoms with E-state index in [1.54, 1.807) is 35.2 Å². The minimum Gasteiger partial charge on any atom is -0.465 e. The molecule has 2 aromatic carbocycles. The van der Waals surface area contributed by atoms with Gasteiger partial charge in [-0.2, -0.15) is 8.42 Å². The molecule has 0 saturated carbocycles. The van der Waals surface area contributed by atoms with Crippen LogP contribution in [0.25, 0.3) is 5.69 Å². The topological polar surface area (TPSA) is 80.6 Å². The van der Waals surface area contributed by atoms with Gasteiger partial charge < -0.3 is 14.2 Å². The van der Waals surface area contributed by atoms with E-state index in [4.69, 9.17) is 4.74 Å². The molecular weight excluding hydrogens is 474 g/mol. The number of anilines is 1. The Morgan fingerprint density at radius 3 is 2.50 bits per heavy atom. The van der Waals surface area contributed by atoms with Crippen LogP contribution in [0.4, 0.5) is 5.69 Å². The highest BCUT2D eigenvalue weighted by molar-refractivity contribution is 7.97. The van der Waals surface area contributed by atoms with Gasteiger partial charge in [-0.05, 0) is 99.6 Å². The van der Waals surface area contributed by atoms with E-state index < -0.39 is 16.0 Å². The van der Waals surface area contributed by atoms with E-state index in [-0.39, 0.29) is 0 Å². The number of carbonyl (C=O) groups excluding carboxylic acids is 1. The fraction of sp³-hybridized carbons (Fsp3) is 0.321. The molecule has 0 aliphatic carbocycles. The van der Waals surface area contributed by atoms with Crippen LogP contribution in [0.1, 0.15) is 39.9 Å². The molecule has 3 aromatic rings. The molecule has 0 spiro atoms. The van der Waals surface area contributed by atoms with E-state index in [0.29, 0.717) is 28.4 Å². The molecule has 1 aliphatic heterocycles. The Balaban J connectivity index is 1.54. The van der Waals surface area contributed by atoms with Crippen molar-refractivity contribution in [3.63, 3.8) is 0 Å². The number of para-hydroxylation sites is 1. The highest BCUT2D eigenvalue weighted by atomic mass is 32.2. The van der Waals surface area contributed by atoms with Crippen LogP contribution in [-0.2, 0) is 21.2 Å². The fourth-order valence-corrected chi connectivity index (χ4v) is 5.35. The van der Waals surface area contributed by atoms with E-state index in [9.17, 15) is 13.2 Å². The highest BCUT2D eigenvalue weighted by Gasteiger charge is 2.18. The molecule has 8 heteroatoms. The van der Waals surface area contributed by atoms with Gasteiger partial charge in [0, 0.05) is 12.4 Å². The number of aryl methyl sites for hydroxylation is 1. The van der Waals surface area contributed by atoms with Gasteiger partial charge in [-0.1, -0.05) is 18.2 Å². The van der Waals surface area contributed by atoms with Crippen molar-refractivity contribution in [2.75, 3.05) is 32.0 Å². The number of hydrogen-bond acceptors (Lipinski definition) is 5. The summed E-state index contributed by atoms with van der Waals surface area (Å²) in [6.07, 6.45) is 6.88. The lowest BCUT2D eigenvalue weighted by Crippen LogP contribution is -2.30. The summed E-state index contributed by atoms with van der Waals surface area (Å²) in [5.41, 5.74) is 3.72. The number of esters is 1. The third-order valence-corrected chi connectivity index (χ3v) is 7.38. The maximum atomic E-state index is 12.8. The first-order chi connectivity index (χ1) is 17.3. The van der Waals surface area contributed by atoms with Crippen molar-refractivity contribution < 1.29 is 17.9 Å². The summed E-state index contributed by atoms with van der Waals surface area (Å²) >= 11 is 0. The zero-order valence-corrected chi connectivity index (χ0v) is 21.6. The van der Waals surface area contributed by atoms with E-state index in [0.717, 1.165) is 25.1 Å². The molecule has 0 atom stereocenters. The number of benzene rings is 2. The van der Waals surface area contributed by atoms with Crippen molar-refractivity contribution in [3.8, 4) is 16.9 Å². The SMILES string of the molecule is COC(=O)c1cccc(C#CS(=O)(=O)Nc2ccc(CC3CCN(C)CC3)cc2C)c1-n1cccc1. The first kappa shape index (κ1) is 25.5. The van der Waals surface area contributed by atoms with Crippen molar-refractivity contribution in [1.29, 1.82) is 0 Å². The Morgan fingerprint density at radius 1 is 1.11 bits per heavy atom. The first-order valence-corrected chi connectivity index (χ1v) is 13.4. The minimum atomic E-state index is -3.97. The standard InChI is InChI=1S/C28H31N3O4S/c1-21-19-23(20-22-11-16-30(2)17-12-22)9-10-26(21)29-36(33,34)18-13-24-7-6-8-25(28(32)35-3)27(24)31-14-4-5-15-31/h4-10,14-15,19,22,29H,11-12,16-17,20H2,1-3H3. The summed E-state index contributed by atoms with van der Waals surface area (Å²) in [6.45, 7) is 4.14. The summed E-state index contributed by atoms with van der Waals surface area (Å²) in [6, 6.07) is 14.4. The normalized spacial score (nSPS) is 14.6. The Hall–Kier alpha value is -3.54. The Labute approximate surface area is 213 Å². The maximum Gasteiger partial charge on any atom is 0.340 e. The summed E-state index contributed by atoms with van der Waals surface area (Å²) < 4.78 is 34.9. The van der Waals surface area contributed by atoms with Crippen LogP contribution in [-0.4, -0.2) is 51.1 Å². The summed E-state index contributed by atoms with van der Waals surface area (Å²) in [4.78, 5) is 14.7. The number of carbonyl (C=O) groups is 1. The molecular formula is C28H31N3O4S. The molecule has 7 nitrogen and oxygen atoms in total. The molecule has 188 valence electrons. The van der Waals surface area contributed by atoms with Gasteiger partial charge in [-0.15, -0.1) is 0 Å². The van der Waals surface area contributed by atoms with Crippen LogP contribution < -0.4 is 4.72 Å². The summed E-state index contributed by atoms with van der Waals surface area (Å²) in [7, 11) is -0.512. The van der Waals surface area contributed by atoms with E-state index in [1.165, 1.54) is 25.5 Å². The van der Waals surface area contributed by atoms with Crippen molar-refractivity contribution in [3.05, 3.63) is 83.2 Å². The van der Waals surface area contributed by atoms with Crippen LogP contribution in [0.2, 0.25) is 0 Å². The molecule has 0 unspecified atom stereocenters. The predicted octanol–water partition coefficient (Wildman–Crippen LogP) is 4.21. The van der Waals surface area contributed by atoms with Crippen LogP contribution in [0.15, 0.2) is 60.9 Å². The zero-order chi connectivity index (χ0) is 25.7. The van der Waals surface area contributed by atoms with Crippen LogP contribution in [0, 0.1) is 24.0 Å². The van der Waals surface area contributed by atoms with Gasteiger partial charge in [0.15, 0.2) is 0 Å². The third-order valence-electron chi connectivity index (χ3n) is 6.52. The van der Waals surface area contributed by atoms with Crippen LogP contribution in [0.5, 0.6) is 0 Å². The molecule has 1 N–H and O–H groups in total. The van der Waals surface area contributed by atoms with Crippen molar-refractivity contribution in [2.24, 2.45) is 5.92 Å². The number of likely N-dealkylation sites (tertiary alicyclic amines) is 1. The second kappa shape index (κ2) is 11.0. The lowest BCUT2D eigenvalue weighted by Gasteiger charge is -2.29. The molecule has 1 saturated heterocycles. The number of nitrogens with zero attached hydrogens (tertiary/aromatic N) is 2. The lowest BCUT2D eigenvalue weighted by atomic mass is 9.90. The van der Waals surface area contributed by atoms with Gasteiger partial charge in [0.1, 0.15) is 0 Å². The number of methoxy groups -OCH3 is 1. The number of hydrogen-bond donors (Lipinski definition) is 1. The molecule has 0 radical (unpaired) electrons. The van der Waals surface area contributed by atoms with Gasteiger partial charge >= 0.3 is 16.0 Å². The zero-order valence-electron chi connectivity index (χ0n) is 20.8. The molecule has 4 rings (SSSR count). The van der Waals surface area contributed by atoms with Gasteiger partial charge in [-0.3, -0.25) is 4.72 Å². The molecule has 0 amide bonds. The third kappa shape index (κ3) is 6.17. The molecule has 1 aromatic heterocycles. The average molecular weight is 506 g/mol. The number of nitrogens with one attached hydrogen (secondary N) is 1. The van der Waals surface area contributed by atoms with Gasteiger partial charge in [0.2, 0.25) is 0 Å². The van der Waals surface area contributed by atoms with Gasteiger partial charge in [0.05, 0.1) is 34.9 Å². The average Bonchev–Trinajstić information content (AvgIpc) is 3.40. The smallest absolute Gasteiger partial charge is 0.340 e. The van der Waals surface area contributed by atoms with E-state index in [2.05, 4.69) is 27.8 Å². The maximum absolute atomic E-state index is 12.8. The minimum absolute atomic E-state index is 0.293. The Kier molecular flexibility index (Phi) is 7.82. The molecule has 2 heterocycles. The van der Waals surface area contributed by atoms with Crippen molar-refractivity contribution in [1.82, 2.24) is 9.47 Å². The highest BCUT2D eigenvalue weighted by Crippen LogP contribution is 2.25. The van der Waals surface area contributed by atoms with Gasteiger partial charge in [-0.25, -0.2) is 4.79 Å². The monoisotopic (exact) mass is 505 g/mol. The quantitative estimate of drug-likeness (QED) is 0.401. The number of ether oxygens (including phenoxy) is 1. The van der Waals surface area contributed by atoms with Gasteiger partial charge in [0.25, 0.3) is 0 Å². The Morgan fingerprint density at radius 2 is 1.83 bits per heavy atom. The molecule has 0 bridgehead atoms.